The van der Waals surface area contributed by atoms with Gasteiger partial charge in [0.1, 0.15) is 0 Å². The first kappa shape index (κ1) is 15.5. The van der Waals surface area contributed by atoms with Crippen LogP contribution in [-0.4, -0.2) is 71.9 Å². The molecule has 0 aromatic carbocycles. The third-order valence-electron chi connectivity index (χ3n) is 4.46. The van der Waals surface area contributed by atoms with Crippen molar-refractivity contribution in [1.29, 1.82) is 0 Å². The van der Waals surface area contributed by atoms with E-state index in [9.17, 15) is 0 Å². The van der Waals surface area contributed by atoms with Crippen LogP contribution in [0.2, 0.25) is 0 Å². The average molecular weight is 279 g/mol. The third kappa shape index (κ3) is 3.81. The molecule has 0 bridgehead atoms. The predicted molar refractivity (Wildman–Crippen MR) is 82.9 cm³/mol. The number of likely N-dealkylation sites (N-methyl/N-ethyl adjacent to an activating group) is 3. The van der Waals surface area contributed by atoms with E-state index in [0.29, 0.717) is 12.1 Å². The van der Waals surface area contributed by atoms with Gasteiger partial charge in [-0.25, -0.2) is 0 Å². The largest absolute Gasteiger partial charge is 0.313 e. The predicted octanol–water partition coefficient (Wildman–Crippen LogP) is 0.577. The molecule has 1 aromatic heterocycles. The van der Waals surface area contributed by atoms with Crippen LogP contribution < -0.4 is 5.32 Å². The summed E-state index contributed by atoms with van der Waals surface area (Å²) in [7, 11) is 6.51. The fourth-order valence-corrected chi connectivity index (χ4v) is 3.12. The molecule has 0 spiro atoms. The zero-order chi connectivity index (χ0) is 14.5. The molecule has 1 fully saturated rings. The lowest BCUT2D eigenvalue weighted by Gasteiger charge is -2.42. The van der Waals surface area contributed by atoms with Gasteiger partial charge in [-0.2, -0.15) is 5.10 Å². The van der Waals surface area contributed by atoms with Crippen molar-refractivity contribution in [2.75, 3.05) is 40.3 Å². The van der Waals surface area contributed by atoms with E-state index in [2.05, 4.69) is 47.3 Å². The minimum atomic E-state index is 0.544. The summed E-state index contributed by atoms with van der Waals surface area (Å²) >= 11 is 0. The minimum absolute atomic E-state index is 0.544. The van der Waals surface area contributed by atoms with Crippen molar-refractivity contribution in [1.82, 2.24) is 24.9 Å². The van der Waals surface area contributed by atoms with E-state index in [1.165, 1.54) is 12.2 Å². The quantitative estimate of drug-likeness (QED) is 0.826. The summed E-state index contributed by atoms with van der Waals surface area (Å²) < 4.78 is 1.99. The van der Waals surface area contributed by atoms with Crippen molar-refractivity contribution in [3.63, 3.8) is 0 Å². The molecule has 0 aliphatic carbocycles. The molecular formula is C15H29N5. The van der Waals surface area contributed by atoms with Gasteiger partial charge in [-0.1, -0.05) is 6.92 Å². The molecule has 2 heterocycles. The van der Waals surface area contributed by atoms with Crippen molar-refractivity contribution in [3.05, 3.63) is 18.0 Å². The molecule has 1 aliphatic heterocycles. The zero-order valence-electron chi connectivity index (χ0n) is 13.3. The van der Waals surface area contributed by atoms with E-state index < -0.39 is 0 Å². The van der Waals surface area contributed by atoms with Crippen LogP contribution in [0.15, 0.2) is 12.3 Å². The Labute approximate surface area is 122 Å². The van der Waals surface area contributed by atoms with E-state index in [1.54, 1.807) is 0 Å². The topological polar surface area (TPSA) is 36.3 Å². The molecule has 1 aromatic rings. The van der Waals surface area contributed by atoms with Gasteiger partial charge in [0, 0.05) is 50.7 Å². The van der Waals surface area contributed by atoms with Crippen LogP contribution in [0.3, 0.4) is 0 Å². The summed E-state index contributed by atoms with van der Waals surface area (Å²) in [6.45, 7) is 6.72. The zero-order valence-corrected chi connectivity index (χ0v) is 13.3. The molecule has 0 radical (unpaired) electrons. The number of rotatable bonds is 6. The van der Waals surface area contributed by atoms with Gasteiger partial charge < -0.3 is 10.2 Å². The molecule has 20 heavy (non-hydrogen) atoms. The first-order valence-electron chi connectivity index (χ1n) is 7.71. The number of nitrogens with zero attached hydrogens (tertiary/aromatic N) is 4. The molecule has 114 valence electrons. The number of piperazine rings is 1. The van der Waals surface area contributed by atoms with Crippen LogP contribution >= 0.6 is 0 Å². The Morgan fingerprint density at radius 1 is 1.35 bits per heavy atom. The van der Waals surface area contributed by atoms with Crippen LogP contribution in [-0.2, 0) is 13.5 Å². The second kappa shape index (κ2) is 7.20. The normalized spacial score (nSPS) is 23.1. The highest BCUT2D eigenvalue weighted by Gasteiger charge is 2.29. The van der Waals surface area contributed by atoms with Gasteiger partial charge in [0.25, 0.3) is 0 Å². The van der Waals surface area contributed by atoms with E-state index in [-0.39, 0.29) is 0 Å². The van der Waals surface area contributed by atoms with Crippen LogP contribution in [0.5, 0.6) is 0 Å². The Morgan fingerprint density at radius 2 is 2.15 bits per heavy atom. The standard InChI is InChI=1S/C15H29N5/c1-5-16-14(7-6-13-8-9-17-20(13)4)15-12-18(2)10-11-19(15)3/h8-9,14-16H,5-7,10-12H2,1-4H3. The molecule has 2 unspecified atom stereocenters. The highest BCUT2D eigenvalue weighted by Crippen LogP contribution is 2.15. The molecule has 0 saturated carbocycles. The molecule has 0 amide bonds. The summed E-state index contributed by atoms with van der Waals surface area (Å²) in [5, 5.41) is 7.94. The van der Waals surface area contributed by atoms with Crippen LogP contribution in [0.25, 0.3) is 0 Å². The summed E-state index contributed by atoms with van der Waals surface area (Å²) in [4.78, 5) is 4.95. The maximum atomic E-state index is 4.26. The fraction of sp³-hybridized carbons (Fsp3) is 0.800. The lowest BCUT2D eigenvalue weighted by molar-refractivity contribution is 0.0856. The maximum Gasteiger partial charge on any atom is 0.0492 e. The molecule has 5 nitrogen and oxygen atoms in total. The first-order valence-corrected chi connectivity index (χ1v) is 7.71. The molecule has 1 saturated heterocycles. The van der Waals surface area contributed by atoms with E-state index in [1.807, 2.05) is 17.9 Å². The van der Waals surface area contributed by atoms with Crippen molar-refractivity contribution >= 4 is 0 Å². The second-order valence-corrected chi connectivity index (χ2v) is 5.96. The SMILES string of the molecule is CCNC(CCc1ccnn1C)C1CN(C)CCN1C. The Kier molecular flexibility index (Phi) is 5.57. The molecule has 2 atom stereocenters. The maximum absolute atomic E-state index is 4.26. The molecule has 5 heteroatoms. The average Bonchev–Trinajstić information content (AvgIpc) is 2.83. The number of aromatic nitrogens is 2. The molecule has 2 rings (SSSR count). The lowest BCUT2D eigenvalue weighted by Crippen LogP contribution is -2.58. The fourth-order valence-electron chi connectivity index (χ4n) is 3.12. The van der Waals surface area contributed by atoms with Crippen LogP contribution in [0.1, 0.15) is 19.0 Å². The smallest absolute Gasteiger partial charge is 0.0492 e. The van der Waals surface area contributed by atoms with E-state index >= 15 is 0 Å². The number of nitrogens with one attached hydrogen (secondary N) is 1. The Balaban J connectivity index is 1.97. The van der Waals surface area contributed by atoms with Crippen molar-refractivity contribution in [2.24, 2.45) is 7.05 Å². The van der Waals surface area contributed by atoms with Crippen molar-refractivity contribution in [2.45, 2.75) is 31.8 Å². The van der Waals surface area contributed by atoms with Gasteiger partial charge >= 0.3 is 0 Å². The van der Waals surface area contributed by atoms with Crippen LogP contribution in [0, 0.1) is 0 Å². The monoisotopic (exact) mass is 279 g/mol. The summed E-state index contributed by atoms with van der Waals surface area (Å²) in [6.07, 6.45) is 4.14. The van der Waals surface area contributed by atoms with Crippen molar-refractivity contribution < 1.29 is 0 Å². The Hall–Kier alpha value is -0.910. The van der Waals surface area contributed by atoms with E-state index in [0.717, 1.165) is 32.5 Å². The van der Waals surface area contributed by atoms with Gasteiger partial charge in [-0.15, -0.1) is 0 Å². The molecule has 1 aliphatic rings. The second-order valence-electron chi connectivity index (χ2n) is 5.96. The number of aryl methyl sites for hydroxylation is 2. The Morgan fingerprint density at radius 3 is 2.80 bits per heavy atom. The minimum Gasteiger partial charge on any atom is -0.313 e. The summed E-state index contributed by atoms with van der Waals surface area (Å²) in [5.74, 6) is 0. The molecular weight excluding hydrogens is 250 g/mol. The summed E-state index contributed by atoms with van der Waals surface area (Å²) in [5.41, 5.74) is 1.32. The van der Waals surface area contributed by atoms with E-state index in [4.69, 9.17) is 0 Å². The summed E-state index contributed by atoms with van der Waals surface area (Å²) in [6, 6.07) is 3.27. The highest BCUT2D eigenvalue weighted by atomic mass is 15.3. The molecule has 1 N–H and O–H groups in total. The van der Waals surface area contributed by atoms with Gasteiger partial charge in [0.2, 0.25) is 0 Å². The first-order chi connectivity index (χ1) is 9.61. The third-order valence-corrected chi connectivity index (χ3v) is 4.46. The Bertz CT molecular complexity index is 403. The lowest BCUT2D eigenvalue weighted by atomic mass is 9.98. The van der Waals surface area contributed by atoms with Gasteiger partial charge in [-0.3, -0.25) is 9.58 Å². The van der Waals surface area contributed by atoms with Crippen LogP contribution in [0.4, 0.5) is 0 Å². The number of hydrogen-bond acceptors (Lipinski definition) is 4. The van der Waals surface area contributed by atoms with Crippen molar-refractivity contribution in [3.8, 4) is 0 Å². The van der Waals surface area contributed by atoms with Gasteiger partial charge in [0.15, 0.2) is 0 Å². The van der Waals surface area contributed by atoms with Gasteiger partial charge in [-0.05, 0) is 39.5 Å². The number of hydrogen-bond donors (Lipinski definition) is 1. The highest BCUT2D eigenvalue weighted by molar-refractivity contribution is 5.01. The van der Waals surface area contributed by atoms with Gasteiger partial charge in [0.05, 0.1) is 0 Å².